The van der Waals surface area contributed by atoms with Crippen molar-refractivity contribution in [3.8, 4) is 5.88 Å². The van der Waals surface area contributed by atoms with Crippen molar-refractivity contribution in [2.24, 2.45) is 0 Å². The molecule has 0 aliphatic rings. The number of carbonyl (C=O) groups excluding carboxylic acids is 1. The Bertz CT molecular complexity index is 1040. The predicted molar refractivity (Wildman–Crippen MR) is 91.3 cm³/mol. The highest BCUT2D eigenvalue weighted by Gasteiger charge is 2.14. The van der Waals surface area contributed by atoms with Gasteiger partial charge in [-0.2, -0.15) is 0 Å². The minimum atomic E-state index is -0.641. The van der Waals surface area contributed by atoms with Crippen LogP contribution in [0.4, 0.5) is 0 Å². The lowest BCUT2D eigenvalue weighted by Crippen LogP contribution is -2.41. The van der Waals surface area contributed by atoms with Gasteiger partial charge in [0.2, 0.25) is 11.8 Å². The van der Waals surface area contributed by atoms with Crippen LogP contribution in [0.2, 0.25) is 0 Å². The van der Waals surface area contributed by atoms with E-state index in [0.717, 1.165) is 4.57 Å². The lowest BCUT2D eigenvalue weighted by molar-refractivity contribution is -0.122. The summed E-state index contributed by atoms with van der Waals surface area (Å²) in [5.74, 6) is -0.597. The van der Waals surface area contributed by atoms with Crippen molar-refractivity contribution in [1.82, 2.24) is 19.9 Å². The molecule has 0 spiro atoms. The van der Waals surface area contributed by atoms with Crippen LogP contribution < -0.4 is 16.6 Å². The van der Waals surface area contributed by atoms with Gasteiger partial charge in [-0.1, -0.05) is 18.2 Å². The van der Waals surface area contributed by atoms with Crippen LogP contribution >= 0.6 is 0 Å². The maximum Gasteiger partial charge on any atom is 0.329 e. The van der Waals surface area contributed by atoms with E-state index in [1.54, 1.807) is 37.3 Å². The van der Waals surface area contributed by atoms with Gasteiger partial charge in [0, 0.05) is 12.3 Å². The van der Waals surface area contributed by atoms with E-state index in [-0.39, 0.29) is 5.88 Å². The van der Waals surface area contributed by atoms with Crippen molar-refractivity contribution in [2.75, 3.05) is 0 Å². The first-order valence-corrected chi connectivity index (χ1v) is 7.62. The number of carbonyl (C=O) groups is 1. The van der Waals surface area contributed by atoms with Crippen molar-refractivity contribution in [1.29, 1.82) is 0 Å². The van der Waals surface area contributed by atoms with E-state index in [2.05, 4.69) is 15.3 Å². The summed E-state index contributed by atoms with van der Waals surface area (Å²) in [6.45, 7) is 1.34. The van der Waals surface area contributed by atoms with Gasteiger partial charge in [-0.25, -0.2) is 9.78 Å². The molecule has 2 aromatic heterocycles. The summed E-state index contributed by atoms with van der Waals surface area (Å²) in [4.78, 5) is 43.0. The number of nitrogens with one attached hydrogen (secondary N) is 2. The fourth-order valence-electron chi connectivity index (χ4n) is 2.51. The zero-order valence-electron chi connectivity index (χ0n) is 13.4. The van der Waals surface area contributed by atoms with Crippen molar-refractivity contribution in [3.05, 3.63) is 69.0 Å². The second-order valence-corrected chi connectivity index (χ2v) is 5.61. The second kappa shape index (κ2) is 6.60. The van der Waals surface area contributed by atoms with Crippen LogP contribution in [0.5, 0.6) is 5.88 Å². The quantitative estimate of drug-likeness (QED) is 0.645. The molecule has 128 valence electrons. The Morgan fingerprint density at radius 2 is 2.04 bits per heavy atom. The maximum atomic E-state index is 12.4. The second-order valence-electron chi connectivity index (χ2n) is 5.61. The zero-order chi connectivity index (χ0) is 18.0. The summed E-state index contributed by atoms with van der Waals surface area (Å²) in [6.07, 6.45) is 1.44. The van der Waals surface area contributed by atoms with Crippen molar-refractivity contribution >= 4 is 16.8 Å². The van der Waals surface area contributed by atoms with Gasteiger partial charge in [0.15, 0.2) is 0 Å². The van der Waals surface area contributed by atoms with Gasteiger partial charge in [-0.05, 0) is 24.6 Å². The van der Waals surface area contributed by atoms with Crippen molar-refractivity contribution in [3.63, 3.8) is 0 Å². The first kappa shape index (κ1) is 16.4. The summed E-state index contributed by atoms with van der Waals surface area (Å²) in [7, 11) is 0. The molecular weight excluding hydrogens is 324 g/mol. The van der Waals surface area contributed by atoms with Gasteiger partial charge < -0.3 is 15.4 Å². The van der Waals surface area contributed by atoms with Crippen LogP contribution in [0, 0.1) is 0 Å². The molecule has 3 N–H and O–H groups in total. The summed E-state index contributed by atoms with van der Waals surface area (Å²) in [5, 5.41) is 12.2. The lowest BCUT2D eigenvalue weighted by atomic mass is 10.1. The molecular formula is C17H16N4O4. The number of aromatic amines is 1. The van der Waals surface area contributed by atoms with E-state index in [0.29, 0.717) is 16.5 Å². The average Bonchev–Trinajstić information content (AvgIpc) is 2.59. The molecule has 8 nitrogen and oxygen atoms in total. The lowest BCUT2D eigenvalue weighted by Gasteiger charge is -2.14. The van der Waals surface area contributed by atoms with E-state index in [4.69, 9.17) is 0 Å². The van der Waals surface area contributed by atoms with Gasteiger partial charge in [0.1, 0.15) is 6.54 Å². The normalized spacial score (nSPS) is 12.0. The first-order valence-electron chi connectivity index (χ1n) is 7.62. The largest absolute Gasteiger partial charge is 0.493 e. The molecule has 25 heavy (non-hydrogen) atoms. The van der Waals surface area contributed by atoms with Gasteiger partial charge >= 0.3 is 5.69 Å². The minimum Gasteiger partial charge on any atom is -0.493 e. The van der Waals surface area contributed by atoms with Crippen LogP contribution in [0.25, 0.3) is 10.9 Å². The summed E-state index contributed by atoms with van der Waals surface area (Å²) in [5.41, 5.74) is -0.0464. The summed E-state index contributed by atoms with van der Waals surface area (Å²) >= 11 is 0. The molecule has 1 amide bonds. The van der Waals surface area contributed by atoms with Crippen LogP contribution in [0.3, 0.4) is 0 Å². The number of hydrogen-bond acceptors (Lipinski definition) is 5. The third-order valence-corrected chi connectivity index (χ3v) is 3.84. The highest BCUT2D eigenvalue weighted by atomic mass is 16.3. The van der Waals surface area contributed by atoms with Gasteiger partial charge in [0.25, 0.3) is 5.56 Å². The fraction of sp³-hybridized carbons (Fsp3) is 0.176. The number of fused-ring (bicyclic) bond motifs is 1. The van der Waals surface area contributed by atoms with Gasteiger partial charge in [-0.15, -0.1) is 0 Å². The molecule has 0 aliphatic carbocycles. The third kappa shape index (κ3) is 3.42. The SMILES string of the molecule is C[C@H](NC(=O)Cn1c(=O)[nH]c2ccccc2c1=O)c1ccc(O)nc1. The molecule has 2 heterocycles. The topological polar surface area (TPSA) is 117 Å². The van der Waals surface area contributed by atoms with Crippen LogP contribution in [0.1, 0.15) is 18.5 Å². The molecule has 0 saturated heterocycles. The molecule has 0 unspecified atom stereocenters. The predicted octanol–water partition coefficient (Wildman–Crippen LogP) is 0.668. The number of pyridine rings is 1. The smallest absolute Gasteiger partial charge is 0.329 e. The van der Waals surface area contributed by atoms with Crippen LogP contribution in [0.15, 0.2) is 52.2 Å². The number of rotatable bonds is 4. The maximum absolute atomic E-state index is 12.4. The van der Waals surface area contributed by atoms with Crippen LogP contribution in [-0.4, -0.2) is 25.5 Å². The Labute approximate surface area is 141 Å². The molecule has 1 atom stereocenters. The Morgan fingerprint density at radius 3 is 2.76 bits per heavy atom. The number of aromatic hydroxyl groups is 1. The fourth-order valence-corrected chi connectivity index (χ4v) is 2.51. The third-order valence-electron chi connectivity index (χ3n) is 3.84. The van der Waals surface area contributed by atoms with Crippen molar-refractivity contribution < 1.29 is 9.90 Å². The van der Waals surface area contributed by atoms with E-state index in [1.807, 2.05) is 0 Å². The zero-order valence-corrected chi connectivity index (χ0v) is 13.4. The van der Waals surface area contributed by atoms with Crippen molar-refractivity contribution in [2.45, 2.75) is 19.5 Å². The molecule has 0 saturated carbocycles. The molecule has 0 fully saturated rings. The number of aromatic nitrogens is 3. The van der Waals surface area contributed by atoms with E-state index in [9.17, 15) is 19.5 Å². The standard InChI is InChI=1S/C17H16N4O4/c1-10(11-6-7-14(22)18-8-11)19-15(23)9-21-16(24)12-4-2-3-5-13(12)20-17(21)25/h2-8,10H,9H2,1H3,(H,18,22)(H,19,23)(H,20,25)/t10-/m0/s1. The monoisotopic (exact) mass is 340 g/mol. The summed E-state index contributed by atoms with van der Waals surface area (Å²) in [6, 6.07) is 9.26. The Morgan fingerprint density at radius 1 is 1.28 bits per heavy atom. The van der Waals surface area contributed by atoms with E-state index in [1.165, 1.54) is 12.3 Å². The number of amides is 1. The number of benzene rings is 1. The first-order chi connectivity index (χ1) is 12.0. The molecule has 1 aromatic carbocycles. The van der Waals surface area contributed by atoms with Gasteiger partial charge in [0.05, 0.1) is 16.9 Å². The summed E-state index contributed by atoms with van der Waals surface area (Å²) < 4.78 is 0.861. The number of hydrogen-bond donors (Lipinski definition) is 3. The van der Waals surface area contributed by atoms with Crippen LogP contribution in [-0.2, 0) is 11.3 Å². The number of H-pyrrole nitrogens is 1. The molecule has 3 aromatic rings. The average molecular weight is 340 g/mol. The highest BCUT2D eigenvalue weighted by Crippen LogP contribution is 2.13. The Hall–Kier alpha value is -3.42. The Kier molecular flexibility index (Phi) is 4.34. The molecule has 0 bridgehead atoms. The molecule has 3 rings (SSSR count). The minimum absolute atomic E-state index is 0.114. The molecule has 0 aliphatic heterocycles. The van der Waals surface area contributed by atoms with Gasteiger partial charge in [-0.3, -0.25) is 14.2 Å². The molecule has 0 radical (unpaired) electrons. The van der Waals surface area contributed by atoms with E-state index < -0.39 is 29.7 Å². The van der Waals surface area contributed by atoms with E-state index >= 15 is 0 Å². The molecule has 8 heteroatoms. The number of nitrogens with zero attached hydrogens (tertiary/aromatic N) is 2. The Balaban J connectivity index is 1.81. The highest BCUT2D eigenvalue weighted by molar-refractivity contribution is 5.79. The number of para-hydroxylation sites is 1.